The molecule has 120 valence electrons. The van der Waals surface area contributed by atoms with E-state index in [0.29, 0.717) is 15.7 Å². The van der Waals surface area contributed by atoms with Gasteiger partial charge >= 0.3 is 0 Å². The van der Waals surface area contributed by atoms with Crippen LogP contribution in [0.5, 0.6) is 0 Å². The minimum atomic E-state index is -0.187. The molecule has 1 amide bonds. The van der Waals surface area contributed by atoms with Gasteiger partial charge in [-0.2, -0.15) is 0 Å². The van der Waals surface area contributed by atoms with Gasteiger partial charge in [0.15, 0.2) is 0 Å². The molecule has 0 bridgehead atoms. The van der Waals surface area contributed by atoms with Crippen LogP contribution in [0.4, 0.5) is 5.69 Å². The number of hydrogen-bond acceptors (Lipinski definition) is 2. The number of carbonyl (C=O) groups is 1. The Bertz CT molecular complexity index is 861. The number of pyridine rings is 1. The number of benzene rings is 2. The van der Waals surface area contributed by atoms with E-state index in [9.17, 15) is 4.79 Å². The second-order valence-electron chi connectivity index (χ2n) is 5.26. The van der Waals surface area contributed by atoms with Gasteiger partial charge in [0.25, 0.3) is 5.91 Å². The molecule has 3 nitrogen and oxygen atoms in total. The first-order chi connectivity index (χ1) is 11.5. The van der Waals surface area contributed by atoms with Crippen LogP contribution >= 0.6 is 23.2 Å². The fraction of sp³-hybridized carbons (Fsp3) is 0.0526. The molecule has 0 saturated heterocycles. The molecule has 0 atom stereocenters. The summed E-state index contributed by atoms with van der Waals surface area (Å²) in [6.45, 7) is 0. The minimum absolute atomic E-state index is 0.187. The van der Waals surface area contributed by atoms with Gasteiger partial charge in [0.05, 0.1) is 5.69 Å². The zero-order chi connectivity index (χ0) is 17.1. The molecule has 0 aliphatic heterocycles. The topological polar surface area (TPSA) is 33.2 Å². The molecular weight excluding hydrogens is 343 g/mol. The summed E-state index contributed by atoms with van der Waals surface area (Å²) in [5.41, 5.74) is 2.76. The zero-order valence-electron chi connectivity index (χ0n) is 12.9. The maximum Gasteiger partial charge on any atom is 0.276 e. The summed E-state index contributed by atoms with van der Waals surface area (Å²) in [5.74, 6) is -0.187. The lowest BCUT2D eigenvalue weighted by molar-refractivity contribution is 0.0988. The fourth-order valence-electron chi connectivity index (χ4n) is 2.29. The summed E-state index contributed by atoms with van der Waals surface area (Å²) in [6, 6.07) is 19.8. The van der Waals surface area contributed by atoms with Crippen molar-refractivity contribution in [1.82, 2.24) is 4.98 Å². The van der Waals surface area contributed by atoms with Crippen LogP contribution in [0.25, 0.3) is 11.3 Å². The van der Waals surface area contributed by atoms with Gasteiger partial charge in [-0.1, -0.05) is 41.4 Å². The molecule has 1 aromatic heterocycles. The lowest BCUT2D eigenvalue weighted by atomic mass is 10.1. The predicted molar refractivity (Wildman–Crippen MR) is 98.9 cm³/mol. The van der Waals surface area contributed by atoms with Crippen LogP contribution < -0.4 is 4.90 Å². The number of aromatic nitrogens is 1. The first-order valence-electron chi connectivity index (χ1n) is 7.31. The van der Waals surface area contributed by atoms with Crippen molar-refractivity contribution in [2.45, 2.75) is 0 Å². The Morgan fingerprint density at radius 2 is 1.46 bits per heavy atom. The van der Waals surface area contributed by atoms with Crippen molar-refractivity contribution >= 4 is 34.8 Å². The normalized spacial score (nSPS) is 10.5. The first-order valence-corrected chi connectivity index (χ1v) is 8.07. The van der Waals surface area contributed by atoms with Gasteiger partial charge < -0.3 is 4.90 Å². The highest BCUT2D eigenvalue weighted by Crippen LogP contribution is 2.22. The van der Waals surface area contributed by atoms with Crippen molar-refractivity contribution in [3.63, 3.8) is 0 Å². The largest absolute Gasteiger partial charge is 0.310 e. The van der Waals surface area contributed by atoms with E-state index < -0.39 is 0 Å². The number of anilines is 1. The highest BCUT2D eigenvalue weighted by atomic mass is 35.5. The van der Waals surface area contributed by atoms with E-state index in [0.717, 1.165) is 16.9 Å². The molecule has 0 radical (unpaired) electrons. The Labute approximate surface area is 150 Å². The van der Waals surface area contributed by atoms with Gasteiger partial charge in [0.2, 0.25) is 0 Å². The number of nitrogens with zero attached hydrogens (tertiary/aromatic N) is 2. The van der Waals surface area contributed by atoms with Crippen LogP contribution in [0.2, 0.25) is 10.0 Å². The Kier molecular flexibility index (Phi) is 4.84. The van der Waals surface area contributed by atoms with E-state index in [4.69, 9.17) is 23.2 Å². The molecule has 1 heterocycles. The lowest BCUT2D eigenvalue weighted by Crippen LogP contribution is -2.27. The fourth-order valence-corrected chi connectivity index (χ4v) is 2.54. The number of amides is 1. The molecule has 0 spiro atoms. The molecule has 0 fully saturated rings. The van der Waals surface area contributed by atoms with Crippen LogP contribution in [0.1, 0.15) is 10.5 Å². The predicted octanol–water partition coefficient (Wildman–Crippen LogP) is 5.33. The van der Waals surface area contributed by atoms with Crippen molar-refractivity contribution in [1.29, 1.82) is 0 Å². The molecule has 3 rings (SSSR count). The summed E-state index contributed by atoms with van der Waals surface area (Å²) in [4.78, 5) is 18.7. The van der Waals surface area contributed by atoms with Crippen molar-refractivity contribution in [3.8, 4) is 11.3 Å². The van der Waals surface area contributed by atoms with E-state index in [1.54, 1.807) is 54.4 Å². The van der Waals surface area contributed by atoms with Crippen LogP contribution in [0.3, 0.4) is 0 Å². The monoisotopic (exact) mass is 356 g/mol. The number of carbonyl (C=O) groups excluding carboxylic acids is 1. The van der Waals surface area contributed by atoms with Crippen molar-refractivity contribution in [3.05, 3.63) is 82.5 Å². The summed E-state index contributed by atoms with van der Waals surface area (Å²) in [6.07, 6.45) is 0. The lowest BCUT2D eigenvalue weighted by Gasteiger charge is -2.17. The first kappa shape index (κ1) is 16.5. The second-order valence-corrected chi connectivity index (χ2v) is 6.13. The average Bonchev–Trinajstić information content (AvgIpc) is 2.62. The zero-order valence-corrected chi connectivity index (χ0v) is 14.4. The maximum atomic E-state index is 12.7. The van der Waals surface area contributed by atoms with Crippen molar-refractivity contribution < 1.29 is 4.79 Å². The van der Waals surface area contributed by atoms with E-state index in [2.05, 4.69) is 4.98 Å². The molecule has 0 unspecified atom stereocenters. The molecule has 0 saturated carbocycles. The third kappa shape index (κ3) is 3.58. The molecule has 24 heavy (non-hydrogen) atoms. The number of rotatable bonds is 3. The molecule has 0 aliphatic carbocycles. The van der Waals surface area contributed by atoms with Crippen LogP contribution in [-0.4, -0.2) is 17.9 Å². The van der Waals surface area contributed by atoms with Crippen molar-refractivity contribution in [2.75, 3.05) is 11.9 Å². The highest BCUT2D eigenvalue weighted by molar-refractivity contribution is 6.31. The maximum absolute atomic E-state index is 12.7. The standard InChI is InChI=1S/C19H14Cl2N2O/c1-23(16-11-9-15(21)10-12-16)19(24)18-4-2-3-17(22-18)13-5-7-14(20)8-6-13/h2-12H,1H3. The van der Waals surface area contributed by atoms with E-state index in [1.807, 2.05) is 24.3 Å². The Balaban J connectivity index is 1.89. The Morgan fingerprint density at radius 3 is 2.08 bits per heavy atom. The third-order valence-electron chi connectivity index (χ3n) is 3.63. The molecule has 0 N–H and O–H groups in total. The van der Waals surface area contributed by atoms with Gasteiger partial charge in [-0.05, 0) is 48.5 Å². The van der Waals surface area contributed by atoms with Crippen LogP contribution in [-0.2, 0) is 0 Å². The highest BCUT2D eigenvalue weighted by Gasteiger charge is 2.15. The average molecular weight is 357 g/mol. The smallest absolute Gasteiger partial charge is 0.276 e. The summed E-state index contributed by atoms with van der Waals surface area (Å²) in [5, 5.41) is 1.29. The van der Waals surface area contributed by atoms with Crippen LogP contribution in [0.15, 0.2) is 66.7 Å². The quantitative estimate of drug-likeness (QED) is 0.635. The van der Waals surface area contributed by atoms with E-state index >= 15 is 0 Å². The van der Waals surface area contributed by atoms with Crippen LogP contribution in [0, 0.1) is 0 Å². The molecule has 3 aromatic rings. The second kappa shape index (κ2) is 7.04. The molecule has 5 heteroatoms. The van der Waals surface area contributed by atoms with Gasteiger partial charge in [0, 0.05) is 28.3 Å². The van der Waals surface area contributed by atoms with Gasteiger partial charge in [0.1, 0.15) is 5.69 Å². The van der Waals surface area contributed by atoms with Gasteiger partial charge in [-0.25, -0.2) is 4.98 Å². The van der Waals surface area contributed by atoms with Gasteiger partial charge in [-0.3, -0.25) is 4.79 Å². The minimum Gasteiger partial charge on any atom is -0.310 e. The molecule has 0 aliphatic rings. The Morgan fingerprint density at radius 1 is 0.875 bits per heavy atom. The summed E-state index contributed by atoms with van der Waals surface area (Å²) in [7, 11) is 1.71. The third-order valence-corrected chi connectivity index (χ3v) is 4.13. The number of halogens is 2. The molecule has 2 aromatic carbocycles. The van der Waals surface area contributed by atoms with Gasteiger partial charge in [-0.15, -0.1) is 0 Å². The van der Waals surface area contributed by atoms with Crippen molar-refractivity contribution in [2.24, 2.45) is 0 Å². The SMILES string of the molecule is CN(C(=O)c1cccc(-c2ccc(Cl)cc2)n1)c1ccc(Cl)cc1. The number of hydrogen-bond donors (Lipinski definition) is 0. The summed E-state index contributed by atoms with van der Waals surface area (Å²) < 4.78 is 0. The Hall–Kier alpha value is -2.36. The summed E-state index contributed by atoms with van der Waals surface area (Å²) >= 11 is 11.8. The van der Waals surface area contributed by atoms with E-state index in [-0.39, 0.29) is 5.91 Å². The molecular formula is C19H14Cl2N2O. The van der Waals surface area contributed by atoms with E-state index in [1.165, 1.54) is 0 Å².